The van der Waals surface area contributed by atoms with Gasteiger partial charge in [-0.1, -0.05) is 11.6 Å². The van der Waals surface area contributed by atoms with E-state index in [-0.39, 0.29) is 0 Å². The molecule has 2 nitrogen and oxygen atoms in total. The number of hydrogen-bond donors (Lipinski definition) is 1. The molecule has 0 amide bonds. The van der Waals surface area contributed by atoms with Gasteiger partial charge in [-0.15, -0.1) is 0 Å². The molecule has 0 spiro atoms. The largest absolute Gasteiger partial charge is 0.359 e. The highest BCUT2D eigenvalue weighted by atomic mass is 35.5. The van der Waals surface area contributed by atoms with Gasteiger partial charge in [0.1, 0.15) is 5.39 Å². The standard InChI is InChI=1S/C7H4Cl2N2/c8-4-3-11-5-1-2-10-7(9)6(4)5/h1-3,11H/p+1. The van der Waals surface area contributed by atoms with Crippen molar-refractivity contribution in [3.8, 4) is 0 Å². The fraction of sp³-hybridized carbons (Fsp3) is 0. The number of rotatable bonds is 0. The van der Waals surface area contributed by atoms with Crippen molar-refractivity contribution >= 4 is 34.1 Å². The Hall–Kier alpha value is -0.730. The summed E-state index contributed by atoms with van der Waals surface area (Å²) in [5, 5.41) is 2.05. The Morgan fingerprint density at radius 3 is 2.91 bits per heavy atom. The summed E-state index contributed by atoms with van der Waals surface area (Å²) in [6.07, 6.45) is 3.48. The Kier molecular flexibility index (Phi) is 1.51. The highest BCUT2D eigenvalue weighted by molar-refractivity contribution is 6.40. The van der Waals surface area contributed by atoms with Crippen LogP contribution in [0.15, 0.2) is 18.5 Å². The van der Waals surface area contributed by atoms with Gasteiger partial charge in [-0.05, 0) is 11.6 Å². The molecule has 2 heterocycles. The zero-order valence-electron chi connectivity index (χ0n) is 5.49. The second kappa shape index (κ2) is 2.40. The molecule has 4 heteroatoms. The lowest BCUT2D eigenvalue weighted by Crippen LogP contribution is -2.00. The van der Waals surface area contributed by atoms with Gasteiger partial charge in [0.05, 0.1) is 10.5 Å². The van der Waals surface area contributed by atoms with E-state index >= 15 is 0 Å². The van der Waals surface area contributed by atoms with Crippen LogP contribution in [0.25, 0.3) is 10.9 Å². The Bertz CT molecular complexity index is 394. The smallest absolute Gasteiger partial charge is 0.284 e. The number of aromatic amines is 2. The van der Waals surface area contributed by atoms with Gasteiger partial charge in [0.15, 0.2) is 6.20 Å². The van der Waals surface area contributed by atoms with Crippen LogP contribution < -0.4 is 4.98 Å². The summed E-state index contributed by atoms with van der Waals surface area (Å²) in [7, 11) is 0. The quantitative estimate of drug-likeness (QED) is 0.614. The van der Waals surface area contributed by atoms with Gasteiger partial charge in [0.25, 0.3) is 5.15 Å². The summed E-state index contributed by atoms with van der Waals surface area (Å²) < 4.78 is 0. The van der Waals surface area contributed by atoms with E-state index in [1.165, 1.54) is 0 Å². The van der Waals surface area contributed by atoms with Crippen molar-refractivity contribution in [3.63, 3.8) is 0 Å². The molecule has 2 aromatic rings. The van der Waals surface area contributed by atoms with Crippen LogP contribution >= 0.6 is 23.2 Å². The van der Waals surface area contributed by atoms with E-state index in [0.717, 1.165) is 10.9 Å². The van der Waals surface area contributed by atoms with E-state index in [9.17, 15) is 0 Å². The van der Waals surface area contributed by atoms with Crippen molar-refractivity contribution in [1.29, 1.82) is 0 Å². The predicted octanol–water partition coefficient (Wildman–Crippen LogP) is 2.29. The number of nitrogens with one attached hydrogen (secondary N) is 2. The van der Waals surface area contributed by atoms with Gasteiger partial charge in [-0.25, -0.2) is 4.98 Å². The molecule has 0 aliphatic heterocycles. The highest BCUT2D eigenvalue weighted by Gasteiger charge is 2.09. The van der Waals surface area contributed by atoms with Crippen LogP contribution in [-0.4, -0.2) is 4.98 Å². The molecule has 0 radical (unpaired) electrons. The van der Waals surface area contributed by atoms with Gasteiger partial charge in [-0.3, -0.25) is 0 Å². The Morgan fingerprint density at radius 1 is 1.36 bits per heavy atom. The van der Waals surface area contributed by atoms with Crippen LogP contribution in [0.4, 0.5) is 0 Å². The minimum Gasteiger partial charge on any atom is -0.359 e. The lowest BCUT2D eigenvalue weighted by Gasteiger charge is -1.85. The number of H-pyrrole nitrogens is 2. The average Bonchev–Trinajstić information content (AvgIpc) is 2.34. The number of pyridine rings is 1. The molecule has 0 unspecified atom stereocenters. The first-order valence-corrected chi connectivity index (χ1v) is 3.87. The first kappa shape index (κ1) is 6.95. The molecule has 2 aromatic heterocycles. The predicted molar refractivity (Wildman–Crippen MR) is 44.9 cm³/mol. The third kappa shape index (κ3) is 0.988. The van der Waals surface area contributed by atoms with Crippen LogP contribution in [0.3, 0.4) is 0 Å². The first-order valence-electron chi connectivity index (χ1n) is 3.12. The molecule has 0 aliphatic carbocycles. The minimum absolute atomic E-state index is 0.564. The Balaban J connectivity index is 2.96. The van der Waals surface area contributed by atoms with Crippen molar-refractivity contribution < 1.29 is 4.98 Å². The van der Waals surface area contributed by atoms with Gasteiger partial charge < -0.3 is 4.98 Å². The van der Waals surface area contributed by atoms with E-state index in [2.05, 4.69) is 9.97 Å². The molecule has 56 valence electrons. The molecule has 2 rings (SSSR count). The SMILES string of the molecule is Clc1c[nH]c2cc[nH+]c(Cl)c12. The molecule has 0 aliphatic rings. The van der Waals surface area contributed by atoms with Crippen LogP contribution in [0, 0.1) is 0 Å². The highest BCUT2D eigenvalue weighted by Crippen LogP contribution is 2.25. The Labute approximate surface area is 73.1 Å². The van der Waals surface area contributed by atoms with Crippen molar-refractivity contribution in [2.45, 2.75) is 0 Å². The topological polar surface area (TPSA) is 29.9 Å². The number of fused-ring (bicyclic) bond motifs is 1. The summed E-state index contributed by atoms with van der Waals surface area (Å²) in [5.41, 5.74) is 0.943. The van der Waals surface area contributed by atoms with E-state index in [0.29, 0.717) is 10.2 Å². The summed E-state index contributed by atoms with van der Waals surface area (Å²) >= 11 is 11.7. The van der Waals surface area contributed by atoms with E-state index in [1.54, 1.807) is 12.4 Å². The maximum Gasteiger partial charge on any atom is 0.284 e. The molecule has 0 bridgehead atoms. The summed E-state index contributed by atoms with van der Waals surface area (Å²) in [4.78, 5) is 5.85. The second-order valence-electron chi connectivity index (χ2n) is 2.22. The monoisotopic (exact) mass is 187 g/mol. The zero-order valence-corrected chi connectivity index (χ0v) is 7.00. The zero-order chi connectivity index (χ0) is 7.84. The van der Waals surface area contributed by atoms with Crippen LogP contribution in [0.2, 0.25) is 10.2 Å². The Morgan fingerprint density at radius 2 is 2.18 bits per heavy atom. The summed E-state index contributed by atoms with van der Waals surface area (Å²) in [6, 6.07) is 1.88. The minimum atomic E-state index is 0.564. The van der Waals surface area contributed by atoms with Crippen molar-refractivity contribution in [2.24, 2.45) is 0 Å². The maximum absolute atomic E-state index is 5.84. The second-order valence-corrected chi connectivity index (χ2v) is 3.00. The molecule has 11 heavy (non-hydrogen) atoms. The molecule has 0 atom stereocenters. The van der Waals surface area contributed by atoms with Crippen molar-refractivity contribution in [2.75, 3.05) is 0 Å². The van der Waals surface area contributed by atoms with Gasteiger partial charge >= 0.3 is 0 Å². The molecular weight excluding hydrogens is 183 g/mol. The fourth-order valence-electron chi connectivity index (χ4n) is 1.04. The summed E-state index contributed by atoms with van der Waals surface area (Å²) in [5.74, 6) is 0. The fourth-order valence-corrected chi connectivity index (χ4v) is 1.60. The molecule has 2 N–H and O–H groups in total. The summed E-state index contributed by atoms with van der Waals surface area (Å²) in [6.45, 7) is 0. The maximum atomic E-state index is 5.84. The third-order valence-corrected chi connectivity index (χ3v) is 2.14. The van der Waals surface area contributed by atoms with Crippen LogP contribution in [0.5, 0.6) is 0 Å². The normalized spacial score (nSPS) is 10.7. The van der Waals surface area contributed by atoms with Crippen LogP contribution in [0.1, 0.15) is 0 Å². The number of halogens is 2. The lowest BCUT2D eigenvalue weighted by atomic mass is 10.3. The molecule has 0 fully saturated rings. The molecular formula is C7H5Cl2N2+. The third-order valence-electron chi connectivity index (χ3n) is 1.54. The van der Waals surface area contributed by atoms with Gasteiger partial charge in [-0.2, -0.15) is 0 Å². The molecule has 0 saturated carbocycles. The van der Waals surface area contributed by atoms with Gasteiger partial charge in [0, 0.05) is 12.3 Å². The molecule has 0 aromatic carbocycles. The van der Waals surface area contributed by atoms with E-state index < -0.39 is 0 Å². The van der Waals surface area contributed by atoms with Crippen molar-refractivity contribution in [1.82, 2.24) is 4.98 Å². The van der Waals surface area contributed by atoms with Gasteiger partial charge in [0.2, 0.25) is 0 Å². The van der Waals surface area contributed by atoms with E-state index in [1.807, 2.05) is 6.07 Å². The number of hydrogen-bond acceptors (Lipinski definition) is 0. The van der Waals surface area contributed by atoms with E-state index in [4.69, 9.17) is 23.2 Å². The number of aromatic nitrogens is 2. The van der Waals surface area contributed by atoms with Crippen molar-refractivity contribution in [3.05, 3.63) is 28.6 Å². The first-order chi connectivity index (χ1) is 5.29. The molecule has 0 saturated heterocycles. The van der Waals surface area contributed by atoms with Crippen LogP contribution in [-0.2, 0) is 0 Å². The average molecular weight is 188 g/mol. The lowest BCUT2D eigenvalue weighted by molar-refractivity contribution is -0.373.